The molecule has 29 heavy (non-hydrogen) atoms. The van der Waals surface area contributed by atoms with E-state index in [1.54, 1.807) is 16.9 Å². The summed E-state index contributed by atoms with van der Waals surface area (Å²) in [5.41, 5.74) is 4.48. The lowest BCUT2D eigenvalue weighted by Crippen LogP contribution is -2.11. The molecule has 0 aliphatic carbocycles. The van der Waals surface area contributed by atoms with Gasteiger partial charge in [0.2, 0.25) is 11.6 Å². The SMILES string of the molecule is Cc1cc(Cn2cc(-c3cc(-c4nnn(CC(=O)O)n4)on3)nn2)cc(Br)c1C. The van der Waals surface area contributed by atoms with Crippen LogP contribution in [0.1, 0.15) is 16.7 Å². The van der Waals surface area contributed by atoms with Gasteiger partial charge in [-0.3, -0.25) is 4.79 Å². The van der Waals surface area contributed by atoms with Gasteiger partial charge in [0.05, 0.1) is 12.7 Å². The fourth-order valence-electron chi connectivity index (χ4n) is 2.69. The fraction of sp³-hybridized carbons (Fsp3) is 0.235. The maximum atomic E-state index is 10.7. The number of nitrogens with zero attached hydrogens (tertiary/aromatic N) is 8. The van der Waals surface area contributed by atoms with Crippen LogP contribution in [0.25, 0.3) is 23.0 Å². The molecule has 0 spiro atoms. The number of aliphatic carboxylic acids is 1. The molecule has 0 aliphatic rings. The number of carboxylic acid groups (broad SMARTS) is 1. The first-order chi connectivity index (χ1) is 13.9. The van der Waals surface area contributed by atoms with E-state index < -0.39 is 12.5 Å². The molecule has 12 heteroatoms. The highest BCUT2D eigenvalue weighted by atomic mass is 79.9. The van der Waals surface area contributed by atoms with Gasteiger partial charge in [0.25, 0.3) is 0 Å². The number of hydrogen-bond acceptors (Lipinski definition) is 8. The summed E-state index contributed by atoms with van der Waals surface area (Å²) in [5.74, 6) is -0.679. The lowest BCUT2D eigenvalue weighted by molar-refractivity contribution is -0.138. The van der Waals surface area contributed by atoms with Crippen LogP contribution in [0, 0.1) is 13.8 Å². The lowest BCUT2D eigenvalue weighted by Gasteiger charge is -2.07. The Hall–Kier alpha value is -3.41. The Kier molecular flexibility index (Phi) is 4.92. The van der Waals surface area contributed by atoms with E-state index in [4.69, 9.17) is 9.63 Å². The van der Waals surface area contributed by atoms with Gasteiger partial charge in [-0.05, 0) is 41.8 Å². The van der Waals surface area contributed by atoms with Crippen molar-refractivity contribution in [3.63, 3.8) is 0 Å². The molecule has 1 N–H and O–H groups in total. The third kappa shape index (κ3) is 4.06. The average Bonchev–Trinajstić information content (AvgIpc) is 3.39. The molecular weight excluding hydrogens is 444 g/mol. The van der Waals surface area contributed by atoms with E-state index in [1.165, 1.54) is 11.1 Å². The summed E-state index contributed by atoms with van der Waals surface area (Å²) < 4.78 is 8.00. The minimum absolute atomic E-state index is 0.136. The summed E-state index contributed by atoms with van der Waals surface area (Å²) in [6.45, 7) is 4.29. The van der Waals surface area contributed by atoms with Crippen molar-refractivity contribution in [3.05, 3.63) is 45.6 Å². The smallest absolute Gasteiger partial charge is 0.327 e. The number of hydrogen-bond donors (Lipinski definition) is 1. The van der Waals surface area contributed by atoms with Crippen LogP contribution in [0.2, 0.25) is 0 Å². The van der Waals surface area contributed by atoms with Gasteiger partial charge in [0, 0.05) is 10.5 Å². The summed E-state index contributed by atoms with van der Waals surface area (Å²) in [7, 11) is 0. The molecule has 0 atom stereocenters. The molecule has 0 radical (unpaired) electrons. The second-order valence-corrected chi connectivity index (χ2v) is 7.29. The van der Waals surface area contributed by atoms with Gasteiger partial charge in [-0.2, -0.15) is 4.80 Å². The van der Waals surface area contributed by atoms with E-state index in [9.17, 15) is 4.79 Å². The van der Waals surface area contributed by atoms with Crippen LogP contribution in [-0.2, 0) is 17.9 Å². The molecule has 0 saturated carbocycles. The third-order valence-electron chi connectivity index (χ3n) is 4.27. The van der Waals surface area contributed by atoms with Crippen LogP contribution in [0.4, 0.5) is 0 Å². The van der Waals surface area contributed by atoms with Crippen LogP contribution in [0.5, 0.6) is 0 Å². The van der Waals surface area contributed by atoms with Crippen molar-refractivity contribution in [2.24, 2.45) is 0 Å². The Morgan fingerprint density at radius 1 is 1.17 bits per heavy atom. The van der Waals surface area contributed by atoms with E-state index >= 15 is 0 Å². The molecule has 4 rings (SSSR count). The van der Waals surface area contributed by atoms with Gasteiger partial charge in [-0.1, -0.05) is 32.4 Å². The quantitative estimate of drug-likeness (QED) is 0.459. The second-order valence-electron chi connectivity index (χ2n) is 6.43. The van der Waals surface area contributed by atoms with E-state index in [0.29, 0.717) is 17.9 Å². The maximum absolute atomic E-state index is 10.7. The minimum atomic E-state index is -1.07. The topological polar surface area (TPSA) is 138 Å². The molecule has 3 aromatic heterocycles. The zero-order chi connectivity index (χ0) is 20.5. The first-order valence-corrected chi connectivity index (χ1v) is 9.31. The highest BCUT2D eigenvalue weighted by Gasteiger charge is 2.16. The van der Waals surface area contributed by atoms with Crippen LogP contribution in [0.3, 0.4) is 0 Å². The molecule has 0 bridgehead atoms. The van der Waals surface area contributed by atoms with Crippen LogP contribution in [-0.4, -0.2) is 51.4 Å². The number of rotatable bonds is 6. The minimum Gasteiger partial charge on any atom is -0.480 e. The zero-order valence-electron chi connectivity index (χ0n) is 15.4. The van der Waals surface area contributed by atoms with Crippen molar-refractivity contribution >= 4 is 21.9 Å². The van der Waals surface area contributed by atoms with Gasteiger partial charge in [0.1, 0.15) is 11.4 Å². The maximum Gasteiger partial charge on any atom is 0.327 e. The van der Waals surface area contributed by atoms with Gasteiger partial charge >= 0.3 is 5.97 Å². The van der Waals surface area contributed by atoms with Gasteiger partial charge in [-0.25, -0.2) is 4.68 Å². The monoisotopic (exact) mass is 458 g/mol. The van der Waals surface area contributed by atoms with E-state index in [2.05, 4.69) is 72.8 Å². The number of halogens is 1. The molecule has 0 unspecified atom stereocenters. The summed E-state index contributed by atoms with van der Waals surface area (Å²) >= 11 is 3.57. The first kappa shape index (κ1) is 18.9. The van der Waals surface area contributed by atoms with Crippen LogP contribution >= 0.6 is 15.9 Å². The van der Waals surface area contributed by atoms with Crippen molar-refractivity contribution in [2.75, 3.05) is 0 Å². The number of carbonyl (C=O) groups is 1. The van der Waals surface area contributed by atoms with Gasteiger partial charge < -0.3 is 9.63 Å². The van der Waals surface area contributed by atoms with Crippen molar-refractivity contribution in [3.8, 4) is 23.0 Å². The number of aromatic nitrogens is 8. The fourth-order valence-corrected chi connectivity index (χ4v) is 3.30. The highest BCUT2D eigenvalue weighted by Crippen LogP contribution is 2.24. The predicted octanol–water partition coefficient (Wildman–Crippen LogP) is 2.10. The Bertz CT molecular complexity index is 1170. The molecule has 4 aromatic rings. The van der Waals surface area contributed by atoms with E-state index in [1.807, 2.05) is 0 Å². The van der Waals surface area contributed by atoms with Crippen LogP contribution in [0.15, 0.2) is 33.4 Å². The Labute approximate surface area is 172 Å². The Balaban J connectivity index is 1.52. The summed E-state index contributed by atoms with van der Waals surface area (Å²) in [5, 5.41) is 32.4. The second kappa shape index (κ2) is 7.54. The third-order valence-corrected chi connectivity index (χ3v) is 5.09. The molecule has 148 valence electrons. The molecule has 0 amide bonds. The largest absolute Gasteiger partial charge is 0.480 e. The van der Waals surface area contributed by atoms with E-state index in [0.717, 1.165) is 14.8 Å². The normalized spacial score (nSPS) is 11.1. The Morgan fingerprint density at radius 3 is 2.76 bits per heavy atom. The molecule has 0 saturated heterocycles. The number of tetrazole rings is 1. The highest BCUT2D eigenvalue weighted by molar-refractivity contribution is 9.10. The Morgan fingerprint density at radius 2 is 2.00 bits per heavy atom. The van der Waals surface area contributed by atoms with Crippen LogP contribution < -0.4 is 0 Å². The summed E-state index contributed by atoms with van der Waals surface area (Å²) in [6, 6.07) is 5.77. The molecule has 0 fully saturated rings. The average molecular weight is 459 g/mol. The predicted molar refractivity (Wildman–Crippen MR) is 103 cm³/mol. The zero-order valence-corrected chi connectivity index (χ0v) is 17.0. The molecule has 0 aliphatic heterocycles. The van der Waals surface area contributed by atoms with Gasteiger partial charge in [-0.15, -0.1) is 15.3 Å². The number of carboxylic acids is 1. The van der Waals surface area contributed by atoms with Crippen molar-refractivity contribution in [2.45, 2.75) is 26.9 Å². The van der Waals surface area contributed by atoms with E-state index in [-0.39, 0.29) is 11.6 Å². The summed E-state index contributed by atoms with van der Waals surface area (Å²) in [4.78, 5) is 11.7. The lowest BCUT2D eigenvalue weighted by atomic mass is 10.1. The molecule has 1 aromatic carbocycles. The molecule has 3 heterocycles. The van der Waals surface area contributed by atoms with Crippen molar-refractivity contribution < 1.29 is 14.4 Å². The van der Waals surface area contributed by atoms with Crippen molar-refractivity contribution in [1.29, 1.82) is 0 Å². The summed E-state index contributed by atoms with van der Waals surface area (Å²) in [6.07, 6.45) is 1.76. The molecule has 11 nitrogen and oxygen atoms in total. The van der Waals surface area contributed by atoms with Crippen molar-refractivity contribution in [1.82, 2.24) is 40.4 Å². The first-order valence-electron chi connectivity index (χ1n) is 8.52. The number of benzene rings is 1. The molecular formula is C17H15BrN8O3. The number of aryl methyl sites for hydroxylation is 1. The standard InChI is InChI=1S/C17H15BrN8O3/c1-9-3-11(4-12(18)10(9)2)6-25-7-14(19-23-25)13-5-15(29-22-13)17-20-24-26(21-17)8-16(27)28/h3-5,7H,6,8H2,1-2H3,(H,27,28). The van der Waals surface area contributed by atoms with Gasteiger partial charge in [0.15, 0.2) is 6.54 Å².